The zero-order chi connectivity index (χ0) is 19.9. The number of pyridine rings is 1. The molecule has 1 aromatic carbocycles. The lowest BCUT2D eigenvalue weighted by Gasteiger charge is -2.34. The second-order valence-electron chi connectivity index (χ2n) is 6.20. The SMILES string of the molecule is O=C(c1ccc2ncsc2c1)N1CCN(c2ccnc(C(F)(F)F)c2)C(=O)C1. The number of benzene rings is 1. The number of rotatable bonds is 2. The zero-order valence-corrected chi connectivity index (χ0v) is 15.1. The van der Waals surface area contributed by atoms with Crippen LogP contribution in [0.3, 0.4) is 0 Å². The highest BCUT2D eigenvalue weighted by atomic mass is 32.1. The van der Waals surface area contributed by atoms with Crippen LogP contribution in [0, 0.1) is 0 Å². The molecule has 6 nitrogen and oxygen atoms in total. The lowest BCUT2D eigenvalue weighted by atomic mass is 10.1. The maximum atomic E-state index is 12.9. The maximum absolute atomic E-state index is 12.9. The van der Waals surface area contributed by atoms with E-state index in [9.17, 15) is 22.8 Å². The molecule has 4 rings (SSSR count). The number of alkyl halides is 3. The van der Waals surface area contributed by atoms with Crippen molar-refractivity contribution in [3.05, 3.63) is 53.3 Å². The van der Waals surface area contributed by atoms with Gasteiger partial charge in [0.05, 0.1) is 15.7 Å². The van der Waals surface area contributed by atoms with Crippen LogP contribution in [0.2, 0.25) is 0 Å². The lowest BCUT2D eigenvalue weighted by Crippen LogP contribution is -2.52. The summed E-state index contributed by atoms with van der Waals surface area (Å²) in [6.45, 7) is 0.118. The third-order valence-electron chi connectivity index (χ3n) is 4.43. The largest absolute Gasteiger partial charge is 0.433 e. The number of aromatic nitrogens is 2. The van der Waals surface area contributed by atoms with Crippen molar-refractivity contribution in [1.82, 2.24) is 14.9 Å². The highest BCUT2D eigenvalue weighted by Gasteiger charge is 2.34. The molecule has 28 heavy (non-hydrogen) atoms. The molecule has 1 saturated heterocycles. The van der Waals surface area contributed by atoms with Crippen LogP contribution in [0.1, 0.15) is 16.1 Å². The van der Waals surface area contributed by atoms with Crippen molar-refractivity contribution < 1.29 is 22.8 Å². The number of halogens is 3. The molecule has 10 heteroatoms. The number of piperazine rings is 1. The molecule has 0 unspecified atom stereocenters. The molecule has 0 spiro atoms. The van der Waals surface area contributed by atoms with Crippen molar-refractivity contribution >= 4 is 39.1 Å². The van der Waals surface area contributed by atoms with Gasteiger partial charge >= 0.3 is 6.18 Å². The Balaban J connectivity index is 1.51. The molecule has 0 aliphatic carbocycles. The van der Waals surface area contributed by atoms with Gasteiger partial charge in [0.1, 0.15) is 12.2 Å². The molecule has 2 amide bonds. The summed E-state index contributed by atoms with van der Waals surface area (Å²) in [6, 6.07) is 7.31. The van der Waals surface area contributed by atoms with Crippen molar-refractivity contribution in [1.29, 1.82) is 0 Å². The number of hydrogen-bond acceptors (Lipinski definition) is 5. The Morgan fingerprint density at radius 1 is 1.11 bits per heavy atom. The van der Waals surface area contributed by atoms with E-state index >= 15 is 0 Å². The van der Waals surface area contributed by atoms with Crippen molar-refractivity contribution in [2.75, 3.05) is 24.5 Å². The van der Waals surface area contributed by atoms with Gasteiger partial charge in [-0.05, 0) is 30.3 Å². The van der Waals surface area contributed by atoms with Gasteiger partial charge in [-0.25, -0.2) is 4.98 Å². The Kier molecular flexibility index (Phi) is 4.50. The fraction of sp³-hybridized carbons (Fsp3) is 0.222. The number of hydrogen-bond donors (Lipinski definition) is 0. The predicted molar refractivity (Wildman–Crippen MR) is 97.1 cm³/mol. The molecule has 1 aliphatic rings. The van der Waals surface area contributed by atoms with Crippen molar-refractivity contribution in [2.45, 2.75) is 6.18 Å². The van der Waals surface area contributed by atoms with E-state index in [0.29, 0.717) is 5.56 Å². The van der Waals surface area contributed by atoms with E-state index < -0.39 is 17.8 Å². The van der Waals surface area contributed by atoms with Gasteiger partial charge < -0.3 is 9.80 Å². The Morgan fingerprint density at radius 3 is 2.68 bits per heavy atom. The van der Waals surface area contributed by atoms with E-state index in [0.717, 1.165) is 22.5 Å². The van der Waals surface area contributed by atoms with Crippen molar-refractivity contribution in [3.63, 3.8) is 0 Å². The van der Waals surface area contributed by atoms with E-state index in [2.05, 4.69) is 9.97 Å². The molecule has 0 bridgehead atoms. The number of fused-ring (bicyclic) bond motifs is 1. The fourth-order valence-corrected chi connectivity index (χ4v) is 3.75. The minimum Gasteiger partial charge on any atom is -0.328 e. The third kappa shape index (κ3) is 3.42. The summed E-state index contributed by atoms with van der Waals surface area (Å²) >= 11 is 1.41. The summed E-state index contributed by atoms with van der Waals surface area (Å²) in [4.78, 5) is 35.3. The molecule has 3 aromatic rings. The van der Waals surface area contributed by atoms with E-state index in [-0.39, 0.29) is 31.2 Å². The third-order valence-corrected chi connectivity index (χ3v) is 5.22. The standard InChI is InChI=1S/C18H13F3N4O2S/c19-18(20,21)15-8-12(3-4-22-15)25-6-5-24(9-16(25)26)17(27)11-1-2-13-14(7-11)28-10-23-13/h1-4,7-8,10H,5-6,9H2. The summed E-state index contributed by atoms with van der Waals surface area (Å²) in [5, 5.41) is 0. The average Bonchev–Trinajstić information content (AvgIpc) is 3.14. The van der Waals surface area contributed by atoms with Crippen LogP contribution < -0.4 is 4.90 Å². The van der Waals surface area contributed by atoms with E-state index in [1.54, 1.807) is 23.7 Å². The topological polar surface area (TPSA) is 66.4 Å². The van der Waals surface area contributed by atoms with Crippen LogP contribution in [0.25, 0.3) is 10.2 Å². The molecule has 144 valence electrons. The summed E-state index contributed by atoms with van der Waals surface area (Å²) in [5.74, 6) is -0.744. The first-order valence-electron chi connectivity index (χ1n) is 8.29. The smallest absolute Gasteiger partial charge is 0.328 e. The van der Waals surface area contributed by atoms with Gasteiger partial charge in [0.25, 0.3) is 5.91 Å². The fourth-order valence-electron chi connectivity index (χ4n) is 3.03. The highest BCUT2D eigenvalue weighted by molar-refractivity contribution is 7.16. The lowest BCUT2D eigenvalue weighted by molar-refractivity contribution is -0.141. The monoisotopic (exact) mass is 406 g/mol. The molecule has 1 fully saturated rings. The molecule has 0 N–H and O–H groups in total. The number of carbonyl (C=O) groups is 2. The minimum absolute atomic E-state index is 0.106. The Bertz CT molecular complexity index is 1070. The Labute approximate surface area is 161 Å². The first kappa shape index (κ1) is 18.4. The number of nitrogens with zero attached hydrogens (tertiary/aromatic N) is 4. The second kappa shape index (κ2) is 6.86. The molecular weight excluding hydrogens is 393 g/mol. The molecule has 3 heterocycles. The number of thiazole rings is 1. The van der Waals surface area contributed by atoms with Crippen LogP contribution in [-0.2, 0) is 11.0 Å². The number of anilines is 1. The van der Waals surface area contributed by atoms with Crippen LogP contribution >= 0.6 is 11.3 Å². The normalized spacial score (nSPS) is 15.3. The van der Waals surface area contributed by atoms with Crippen molar-refractivity contribution in [2.24, 2.45) is 0 Å². The first-order chi connectivity index (χ1) is 13.3. The maximum Gasteiger partial charge on any atom is 0.433 e. The molecule has 0 atom stereocenters. The van der Waals surface area contributed by atoms with Crippen LogP contribution in [0.4, 0.5) is 18.9 Å². The van der Waals surface area contributed by atoms with Gasteiger partial charge in [0.15, 0.2) is 0 Å². The van der Waals surface area contributed by atoms with Crippen LogP contribution in [0.15, 0.2) is 42.0 Å². The van der Waals surface area contributed by atoms with Gasteiger partial charge in [0, 0.05) is 30.5 Å². The molecule has 0 saturated carbocycles. The second-order valence-corrected chi connectivity index (χ2v) is 7.09. The van der Waals surface area contributed by atoms with E-state index in [4.69, 9.17) is 0 Å². The van der Waals surface area contributed by atoms with Gasteiger partial charge in [-0.1, -0.05) is 0 Å². The van der Waals surface area contributed by atoms with E-state index in [1.165, 1.54) is 27.2 Å². The van der Waals surface area contributed by atoms with Gasteiger partial charge in [-0.15, -0.1) is 11.3 Å². The summed E-state index contributed by atoms with van der Waals surface area (Å²) in [5.41, 5.74) is 1.98. The van der Waals surface area contributed by atoms with Gasteiger partial charge in [0.2, 0.25) is 5.91 Å². The highest BCUT2D eigenvalue weighted by Crippen LogP contribution is 2.30. The molecule has 0 radical (unpaired) electrons. The first-order valence-corrected chi connectivity index (χ1v) is 9.17. The van der Waals surface area contributed by atoms with Gasteiger partial charge in [-0.2, -0.15) is 13.2 Å². The van der Waals surface area contributed by atoms with Crippen molar-refractivity contribution in [3.8, 4) is 0 Å². The molecule has 1 aliphatic heterocycles. The minimum atomic E-state index is -4.59. The summed E-state index contributed by atoms with van der Waals surface area (Å²) in [6.07, 6.45) is -3.57. The Morgan fingerprint density at radius 2 is 1.93 bits per heavy atom. The molecule has 2 aromatic heterocycles. The Hall–Kier alpha value is -3.01. The zero-order valence-electron chi connectivity index (χ0n) is 14.3. The van der Waals surface area contributed by atoms with E-state index in [1.807, 2.05) is 0 Å². The molecular formula is C18H13F3N4O2S. The van der Waals surface area contributed by atoms with Crippen LogP contribution in [0.5, 0.6) is 0 Å². The summed E-state index contributed by atoms with van der Waals surface area (Å²) in [7, 11) is 0. The average molecular weight is 406 g/mol. The van der Waals surface area contributed by atoms with Crippen LogP contribution in [-0.4, -0.2) is 46.3 Å². The number of carbonyl (C=O) groups excluding carboxylic acids is 2. The number of amides is 2. The quantitative estimate of drug-likeness (QED) is 0.656. The summed E-state index contributed by atoms with van der Waals surface area (Å²) < 4.78 is 39.4. The van der Waals surface area contributed by atoms with Gasteiger partial charge in [-0.3, -0.25) is 14.6 Å². The predicted octanol–water partition coefficient (Wildman–Crippen LogP) is 3.20.